The number of thiazole rings is 1. The molecule has 0 aliphatic carbocycles. The number of nitrogens with zero attached hydrogens (tertiary/aromatic N) is 2. The molecule has 0 spiro atoms. The van der Waals surface area contributed by atoms with Gasteiger partial charge >= 0.3 is 0 Å². The van der Waals surface area contributed by atoms with Crippen LogP contribution in [0.25, 0.3) is 10.2 Å². The first-order chi connectivity index (χ1) is 14.7. The Balaban J connectivity index is 1.96. The van der Waals surface area contributed by atoms with Gasteiger partial charge in [-0.2, -0.15) is 4.99 Å². The van der Waals surface area contributed by atoms with Gasteiger partial charge in [0.15, 0.2) is 14.6 Å². The maximum Gasteiger partial charge on any atom is 0.252 e. The number of methoxy groups -OCH3 is 2. The van der Waals surface area contributed by atoms with Gasteiger partial charge in [-0.05, 0) is 50.6 Å². The van der Waals surface area contributed by atoms with E-state index < -0.39 is 15.1 Å². The predicted octanol–water partition coefficient (Wildman–Crippen LogP) is 3.59. The normalized spacial score (nSPS) is 12.5. The Morgan fingerprint density at radius 2 is 1.68 bits per heavy atom. The van der Waals surface area contributed by atoms with Crippen molar-refractivity contribution < 1.29 is 22.7 Å². The lowest BCUT2D eigenvalue weighted by atomic mass is 10.1. The van der Waals surface area contributed by atoms with E-state index in [1.165, 1.54) is 11.3 Å². The van der Waals surface area contributed by atoms with E-state index in [9.17, 15) is 13.2 Å². The van der Waals surface area contributed by atoms with E-state index in [4.69, 9.17) is 9.47 Å². The Kier molecular flexibility index (Phi) is 6.86. The molecule has 0 aliphatic heterocycles. The fourth-order valence-corrected chi connectivity index (χ4v) is 5.50. The topological polar surface area (TPSA) is 87.0 Å². The minimum atomic E-state index is -3.34. The highest BCUT2D eigenvalue weighted by Gasteiger charge is 2.19. The van der Waals surface area contributed by atoms with Gasteiger partial charge in [-0.1, -0.05) is 23.5 Å². The van der Waals surface area contributed by atoms with Crippen LogP contribution in [-0.2, 0) is 27.6 Å². The Bertz CT molecular complexity index is 1270. The molecule has 0 bridgehead atoms. The monoisotopic (exact) mass is 462 g/mol. The average molecular weight is 463 g/mol. The van der Waals surface area contributed by atoms with E-state index >= 15 is 0 Å². The lowest BCUT2D eigenvalue weighted by Crippen LogP contribution is -2.17. The molecule has 1 amide bonds. The molecule has 0 aliphatic rings. The SMILES string of the molecule is CCn1c(=NC(=O)Cc2ccc(S(=O)(=O)C(C)C)cc2)sc2c(OC)ccc(OC)c21. The highest BCUT2D eigenvalue weighted by atomic mass is 32.2. The molecular weight excluding hydrogens is 436 g/mol. The number of carbonyl (C=O) groups is 1. The van der Waals surface area contributed by atoms with Gasteiger partial charge in [0.2, 0.25) is 0 Å². The van der Waals surface area contributed by atoms with Crippen LogP contribution >= 0.6 is 11.3 Å². The van der Waals surface area contributed by atoms with Gasteiger partial charge in [0.25, 0.3) is 5.91 Å². The summed E-state index contributed by atoms with van der Waals surface area (Å²) < 4.78 is 38.3. The van der Waals surface area contributed by atoms with Crippen LogP contribution in [0.3, 0.4) is 0 Å². The Labute approximate surface area is 185 Å². The third kappa shape index (κ3) is 4.52. The molecule has 3 aromatic rings. The summed E-state index contributed by atoms with van der Waals surface area (Å²) in [4.78, 5) is 17.8. The molecule has 3 rings (SSSR count). The van der Waals surface area contributed by atoms with Crippen LogP contribution in [0.2, 0.25) is 0 Å². The minimum Gasteiger partial charge on any atom is -0.495 e. The van der Waals surface area contributed by atoms with Gasteiger partial charge in [-0.25, -0.2) is 8.42 Å². The standard InChI is InChI=1S/C22H26N2O5S2/c1-6-24-20-17(28-4)11-12-18(29-5)21(20)30-22(24)23-19(25)13-15-7-9-16(10-8-15)31(26,27)14(2)3/h7-12,14H,6,13H2,1-5H3. The number of amides is 1. The number of aromatic nitrogens is 1. The predicted molar refractivity (Wildman–Crippen MR) is 122 cm³/mol. The zero-order valence-corrected chi connectivity index (χ0v) is 19.8. The van der Waals surface area contributed by atoms with Crippen molar-refractivity contribution in [3.8, 4) is 11.5 Å². The van der Waals surface area contributed by atoms with Crippen LogP contribution < -0.4 is 14.3 Å². The number of hydrogen-bond acceptors (Lipinski definition) is 6. The van der Waals surface area contributed by atoms with Crippen LogP contribution in [0.1, 0.15) is 26.3 Å². The number of rotatable bonds is 7. The molecule has 1 heterocycles. The van der Waals surface area contributed by atoms with E-state index in [1.807, 2.05) is 23.6 Å². The third-order valence-corrected chi connectivity index (χ3v) is 8.22. The molecule has 166 valence electrons. The summed E-state index contributed by atoms with van der Waals surface area (Å²) in [6, 6.07) is 10.1. The molecule has 0 N–H and O–H groups in total. The van der Waals surface area contributed by atoms with E-state index in [0.29, 0.717) is 28.4 Å². The average Bonchev–Trinajstić information content (AvgIpc) is 3.11. The van der Waals surface area contributed by atoms with Crippen molar-refractivity contribution in [2.45, 2.75) is 43.9 Å². The maximum atomic E-state index is 12.7. The number of ether oxygens (including phenoxy) is 2. The summed E-state index contributed by atoms with van der Waals surface area (Å²) in [5.41, 5.74) is 1.54. The summed E-state index contributed by atoms with van der Waals surface area (Å²) in [7, 11) is -0.141. The van der Waals surface area contributed by atoms with E-state index in [-0.39, 0.29) is 17.2 Å². The number of hydrogen-bond donors (Lipinski definition) is 0. The van der Waals surface area contributed by atoms with Crippen molar-refractivity contribution >= 4 is 37.3 Å². The molecule has 9 heteroatoms. The van der Waals surface area contributed by atoms with Crippen molar-refractivity contribution in [3.63, 3.8) is 0 Å². The quantitative estimate of drug-likeness (QED) is 0.536. The number of sulfone groups is 1. The van der Waals surface area contributed by atoms with Crippen molar-refractivity contribution in [1.29, 1.82) is 0 Å². The summed E-state index contributed by atoms with van der Waals surface area (Å²) in [5, 5.41) is -0.499. The van der Waals surface area contributed by atoms with Crippen LogP contribution in [0, 0.1) is 0 Å². The molecular formula is C22H26N2O5S2. The van der Waals surface area contributed by atoms with E-state index in [1.54, 1.807) is 52.3 Å². The minimum absolute atomic E-state index is 0.0776. The van der Waals surface area contributed by atoms with Gasteiger partial charge in [-0.3, -0.25) is 4.79 Å². The molecule has 2 aromatic carbocycles. The fraction of sp³-hybridized carbons (Fsp3) is 0.364. The van der Waals surface area contributed by atoms with E-state index in [0.717, 1.165) is 10.2 Å². The number of carbonyl (C=O) groups excluding carboxylic acids is 1. The summed E-state index contributed by atoms with van der Waals surface area (Å²) >= 11 is 1.37. The third-order valence-electron chi connectivity index (χ3n) is 4.96. The van der Waals surface area contributed by atoms with Gasteiger partial charge in [-0.15, -0.1) is 0 Å². The lowest BCUT2D eigenvalue weighted by molar-refractivity contribution is -0.117. The molecule has 0 fully saturated rings. The van der Waals surface area contributed by atoms with Crippen LogP contribution in [-0.4, -0.2) is 38.4 Å². The number of fused-ring (bicyclic) bond motifs is 1. The van der Waals surface area contributed by atoms with Gasteiger partial charge in [0.05, 0.1) is 30.8 Å². The summed E-state index contributed by atoms with van der Waals surface area (Å²) in [6.07, 6.45) is 0.0776. The lowest BCUT2D eigenvalue weighted by Gasteiger charge is -2.08. The van der Waals surface area contributed by atoms with Crippen LogP contribution in [0.5, 0.6) is 11.5 Å². The van der Waals surface area contributed by atoms with Gasteiger partial charge in [0, 0.05) is 6.54 Å². The van der Waals surface area contributed by atoms with Crippen LogP contribution in [0.15, 0.2) is 46.3 Å². The zero-order valence-electron chi connectivity index (χ0n) is 18.2. The second kappa shape index (κ2) is 9.23. The first kappa shape index (κ1) is 23.0. The molecule has 1 aromatic heterocycles. The second-order valence-electron chi connectivity index (χ2n) is 7.20. The molecule has 0 radical (unpaired) electrons. The highest BCUT2D eigenvalue weighted by Crippen LogP contribution is 2.35. The zero-order chi connectivity index (χ0) is 22.8. The molecule has 0 saturated carbocycles. The Hall–Kier alpha value is -2.65. The summed E-state index contributed by atoms with van der Waals surface area (Å²) in [6.45, 7) is 5.87. The molecule has 0 saturated heterocycles. The van der Waals surface area contributed by atoms with Crippen molar-refractivity contribution in [2.75, 3.05) is 14.2 Å². The Morgan fingerprint density at radius 1 is 1.06 bits per heavy atom. The smallest absolute Gasteiger partial charge is 0.252 e. The van der Waals surface area contributed by atoms with Crippen molar-refractivity contribution in [3.05, 3.63) is 46.8 Å². The Morgan fingerprint density at radius 3 is 2.23 bits per heavy atom. The molecule has 0 atom stereocenters. The molecule has 7 nitrogen and oxygen atoms in total. The fourth-order valence-electron chi connectivity index (χ4n) is 3.22. The summed E-state index contributed by atoms with van der Waals surface area (Å²) in [5.74, 6) is 1.06. The van der Waals surface area contributed by atoms with Crippen molar-refractivity contribution in [2.24, 2.45) is 4.99 Å². The second-order valence-corrected chi connectivity index (χ2v) is 10.7. The van der Waals surface area contributed by atoms with Crippen LogP contribution in [0.4, 0.5) is 0 Å². The number of benzene rings is 2. The van der Waals surface area contributed by atoms with E-state index in [2.05, 4.69) is 4.99 Å². The first-order valence-corrected chi connectivity index (χ1v) is 12.2. The molecule has 0 unspecified atom stereocenters. The van der Waals surface area contributed by atoms with Gasteiger partial charge < -0.3 is 14.0 Å². The van der Waals surface area contributed by atoms with Crippen molar-refractivity contribution in [1.82, 2.24) is 4.57 Å². The molecule has 31 heavy (non-hydrogen) atoms. The highest BCUT2D eigenvalue weighted by molar-refractivity contribution is 7.92. The first-order valence-electron chi connectivity index (χ1n) is 9.87. The maximum absolute atomic E-state index is 12.7. The number of aryl methyl sites for hydroxylation is 1. The van der Waals surface area contributed by atoms with Gasteiger partial charge in [0.1, 0.15) is 21.7 Å². The largest absolute Gasteiger partial charge is 0.495 e.